The summed E-state index contributed by atoms with van der Waals surface area (Å²) in [6.45, 7) is 2.65. The molecule has 0 radical (unpaired) electrons. The molecule has 0 bridgehead atoms. The van der Waals surface area contributed by atoms with Crippen LogP contribution >= 0.6 is 39.1 Å². The first-order valence-electron chi connectivity index (χ1n) is 5.58. The molecule has 0 saturated heterocycles. The van der Waals surface area contributed by atoms with Gasteiger partial charge >= 0.3 is 0 Å². The lowest BCUT2D eigenvalue weighted by Crippen LogP contribution is -2.01. The van der Waals surface area contributed by atoms with E-state index in [-0.39, 0.29) is 4.83 Å². The Morgan fingerprint density at radius 1 is 1.39 bits per heavy atom. The van der Waals surface area contributed by atoms with Crippen molar-refractivity contribution in [2.75, 3.05) is 0 Å². The Bertz CT molecular complexity index is 542. The second-order valence-electron chi connectivity index (χ2n) is 3.93. The molecule has 96 valence electrons. The van der Waals surface area contributed by atoms with Gasteiger partial charge in [0.05, 0.1) is 27.1 Å². The zero-order chi connectivity index (χ0) is 13.1. The molecule has 0 spiro atoms. The number of hydrogen-bond donors (Lipinski definition) is 0. The Morgan fingerprint density at radius 3 is 2.89 bits per heavy atom. The van der Waals surface area contributed by atoms with Crippen LogP contribution in [0.3, 0.4) is 0 Å². The van der Waals surface area contributed by atoms with Crippen molar-refractivity contribution < 1.29 is 0 Å². The third kappa shape index (κ3) is 3.05. The fourth-order valence-electron chi connectivity index (χ4n) is 1.59. The van der Waals surface area contributed by atoms with Gasteiger partial charge in [-0.15, -0.1) is 5.10 Å². The highest BCUT2D eigenvalue weighted by atomic mass is 79.9. The van der Waals surface area contributed by atoms with Crippen LogP contribution < -0.4 is 0 Å². The number of benzene rings is 1. The molecule has 2 aromatic rings. The van der Waals surface area contributed by atoms with Crippen LogP contribution in [0.15, 0.2) is 24.4 Å². The van der Waals surface area contributed by atoms with E-state index in [1.54, 1.807) is 10.7 Å². The molecule has 2 rings (SSSR count). The predicted molar refractivity (Wildman–Crippen MR) is 77.5 cm³/mol. The average Bonchev–Trinajstić information content (AvgIpc) is 2.82. The summed E-state index contributed by atoms with van der Waals surface area (Å²) in [5, 5.41) is 9.34. The summed E-state index contributed by atoms with van der Waals surface area (Å²) >= 11 is 15.7. The molecule has 6 heteroatoms. The van der Waals surface area contributed by atoms with Gasteiger partial charge in [-0.25, -0.2) is 4.68 Å². The van der Waals surface area contributed by atoms with Gasteiger partial charge in [0, 0.05) is 6.20 Å². The van der Waals surface area contributed by atoms with Gasteiger partial charge in [-0.3, -0.25) is 0 Å². The molecule has 1 aromatic carbocycles. The van der Waals surface area contributed by atoms with E-state index in [1.165, 1.54) is 0 Å². The third-order valence-electron chi connectivity index (χ3n) is 2.60. The van der Waals surface area contributed by atoms with Gasteiger partial charge in [-0.1, -0.05) is 63.4 Å². The van der Waals surface area contributed by atoms with E-state index in [2.05, 4.69) is 33.2 Å². The first kappa shape index (κ1) is 13.8. The lowest BCUT2D eigenvalue weighted by atomic mass is 10.2. The summed E-state index contributed by atoms with van der Waals surface area (Å²) in [5.41, 5.74) is 1.86. The van der Waals surface area contributed by atoms with E-state index in [4.69, 9.17) is 23.2 Å². The summed E-state index contributed by atoms with van der Waals surface area (Å²) in [5.74, 6) is 0. The summed E-state index contributed by atoms with van der Waals surface area (Å²) in [6, 6.07) is 5.58. The van der Waals surface area contributed by atoms with Gasteiger partial charge < -0.3 is 0 Å². The molecule has 18 heavy (non-hydrogen) atoms. The number of halogens is 3. The summed E-state index contributed by atoms with van der Waals surface area (Å²) in [4.78, 5) is 0.237. The van der Waals surface area contributed by atoms with Crippen molar-refractivity contribution in [1.29, 1.82) is 0 Å². The van der Waals surface area contributed by atoms with Gasteiger partial charge in [0.25, 0.3) is 0 Å². The molecule has 0 aliphatic rings. The lowest BCUT2D eigenvalue weighted by Gasteiger charge is -2.05. The molecule has 0 aliphatic heterocycles. The zero-order valence-electron chi connectivity index (χ0n) is 9.78. The minimum Gasteiger partial charge on any atom is -0.248 e. The molecule has 1 atom stereocenters. The van der Waals surface area contributed by atoms with Crippen LogP contribution in [-0.4, -0.2) is 15.0 Å². The number of alkyl halides is 1. The van der Waals surface area contributed by atoms with Crippen molar-refractivity contribution >= 4 is 39.1 Å². The number of hydrogen-bond acceptors (Lipinski definition) is 2. The quantitative estimate of drug-likeness (QED) is 0.762. The Balaban J connectivity index is 2.19. The molecule has 3 nitrogen and oxygen atoms in total. The highest BCUT2D eigenvalue weighted by molar-refractivity contribution is 9.09. The Kier molecular flexibility index (Phi) is 4.65. The van der Waals surface area contributed by atoms with Crippen molar-refractivity contribution in [3.63, 3.8) is 0 Å². The second-order valence-corrected chi connectivity index (χ2v) is 5.82. The maximum absolute atomic E-state index is 6.14. The van der Waals surface area contributed by atoms with Gasteiger partial charge in [0.2, 0.25) is 0 Å². The molecule has 0 fully saturated rings. The molecule has 0 aliphatic carbocycles. The van der Waals surface area contributed by atoms with E-state index in [0.717, 1.165) is 17.7 Å². The Labute approximate surface area is 124 Å². The maximum atomic E-state index is 6.14. The number of aromatic nitrogens is 3. The smallest absolute Gasteiger partial charge is 0.0963 e. The normalized spacial score (nSPS) is 12.7. The van der Waals surface area contributed by atoms with Crippen molar-refractivity contribution in [3.05, 3.63) is 45.7 Å². The van der Waals surface area contributed by atoms with Crippen LogP contribution in [0.2, 0.25) is 10.0 Å². The third-order valence-corrected chi connectivity index (χ3v) is 4.57. The minimum absolute atomic E-state index is 0.237. The predicted octanol–water partition coefficient (Wildman–Crippen LogP) is 4.48. The second kappa shape index (κ2) is 6.04. The number of rotatable bonds is 4. The van der Waals surface area contributed by atoms with Crippen molar-refractivity contribution in [1.82, 2.24) is 15.0 Å². The van der Waals surface area contributed by atoms with Crippen molar-refractivity contribution in [3.8, 4) is 0 Å². The van der Waals surface area contributed by atoms with Gasteiger partial charge in [-0.2, -0.15) is 0 Å². The fraction of sp³-hybridized carbons (Fsp3) is 0.333. The van der Waals surface area contributed by atoms with E-state index in [1.807, 2.05) is 18.3 Å². The molecule has 1 unspecified atom stereocenters. The standard InChI is InChI=1S/C12H12BrCl2N3/c1-2-9(13)11-7-18(17-16-11)6-8-4-3-5-10(14)12(8)15/h3-5,7,9H,2,6H2,1H3. The van der Waals surface area contributed by atoms with Crippen LogP contribution in [0.5, 0.6) is 0 Å². The molecule has 0 amide bonds. The molecule has 1 heterocycles. The van der Waals surface area contributed by atoms with Gasteiger partial charge in [-0.05, 0) is 18.1 Å². The maximum Gasteiger partial charge on any atom is 0.0963 e. The van der Waals surface area contributed by atoms with E-state index in [0.29, 0.717) is 16.6 Å². The summed E-state index contributed by atoms with van der Waals surface area (Å²) < 4.78 is 1.76. The van der Waals surface area contributed by atoms with E-state index >= 15 is 0 Å². The molecular weight excluding hydrogens is 337 g/mol. The van der Waals surface area contributed by atoms with Crippen molar-refractivity contribution in [2.24, 2.45) is 0 Å². The minimum atomic E-state index is 0.237. The van der Waals surface area contributed by atoms with Crippen LogP contribution in [0.1, 0.15) is 29.4 Å². The first-order valence-corrected chi connectivity index (χ1v) is 7.26. The number of nitrogens with zero attached hydrogens (tertiary/aromatic N) is 3. The van der Waals surface area contributed by atoms with Crippen LogP contribution in [0.25, 0.3) is 0 Å². The fourth-order valence-corrected chi connectivity index (χ4v) is 2.18. The van der Waals surface area contributed by atoms with Gasteiger partial charge in [0.15, 0.2) is 0 Å². The zero-order valence-corrected chi connectivity index (χ0v) is 12.9. The van der Waals surface area contributed by atoms with Crippen molar-refractivity contribution in [2.45, 2.75) is 24.7 Å². The topological polar surface area (TPSA) is 30.7 Å². The molecule has 0 N–H and O–H groups in total. The lowest BCUT2D eigenvalue weighted by molar-refractivity contribution is 0.649. The van der Waals surface area contributed by atoms with E-state index in [9.17, 15) is 0 Å². The molecule has 1 aromatic heterocycles. The SMILES string of the molecule is CCC(Br)c1cn(Cc2cccc(Cl)c2Cl)nn1. The monoisotopic (exact) mass is 347 g/mol. The highest BCUT2D eigenvalue weighted by Crippen LogP contribution is 2.27. The average molecular weight is 349 g/mol. The van der Waals surface area contributed by atoms with Crippen LogP contribution in [-0.2, 0) is 6.54 Å². The largest absolute Gasteiger partial charge is 0.248 e. The van der Waals surface area contributed by atoms with Gasteiger partial charge in [0.1, 0.15) is 0 Å². The Hall–Kier alpha value is -0.580. The summed E-state index contributed by atoms with van der Waals surface area (Å²) in [7, 11) is 0. The molecule has 0 saturated carbocycles. The van der Waals surface area contributed by atoms with E-state index < -0.39 is 0 Å². The van der Waals surface area contributed by atoms with Crippen LogP contribution in [0.4, 0.5) is 0 Å². The first-order chi connectivity index (χ1) is 8.61. The Morgan fingerprint density at radius 2 is 2.17 bits per heavy atom. The summed E-state index contributed by atoms with van der Waals surface area (Å²) in [6.07, 6.45) is 2.89. The molecular formula is C12H12BrCl2N3. The van der Waals surface area contributed by atoms with Crippen LogP contribution in [0, 0.1) is 0 Å². The highest BCUT2D eigenvalue weighted by Gasteiger charge is 2.11.